The third-order valence-corrected chi connectivity index (χ3v) is 3.55. The van der Waals surface area contributed by atoms with Crippen molar-refractivity contribution in [3.8, 4) is 16.9 Å². The Hall–Kier alpha value is -2.20. The van der Waals surface area contributed by atoms with E-state index in [2.05, 4.69) is 5.32 Å². The second kappa shape index (κ2) is 5.66. The molecule has 5 heteroatoms. The highest BCUT2D eigenvalue weighted by Gasteiger charge is 2.28. The molecule has 0 aromatic heterocycles. The largest absolute Gasteiger partial charge is 0.453 e. The zero-order chi connectivity index (χ0) is 14.8. The first kappa shape index (κ1) is 13.8. The fourth-order valence-corrected chi connectivity index (χ4v) is 2.56. The molecule has 21 heavy (non-hydrogen) atoms. The normalized spacial score (nSPS) is 16.0. The summed E-state index contributed by atoms with van der Waals surface area (Å²) < 4.78 is 10.9. The molecule has 1 atom stereocenters. The van der Waals surface area contributed by atoms with Gasteiger partial charge < -0.3 is 14.8 Å². The van der Waals surface area contributed by atoms with E-state index in [0.29, 0.717) is 11.4 Å². The number of rotatable bonds is 2. The maximum atomic E-state index is 11.3. The van der Waals surface area contributed by atoms with Gasteiger partial charge in [-0.05, 0) is 17.7 Å². The summed E-state index contributed by atoms with van der Waals surface area (Å²) in [6.07, 6.45) is -0.561. The quantitative estimate of drug-likeness (QED) is 0.921. The van der Waals surface area contributed by atoms with E-state index in [1.54, 1.807) is 0 Å². The van der Waals surface area contributed by atoms with Gasteiger partial charge in [0, 0.05) is 23.2 Å². The lowest BCUT2D eigenvalue weighted by Crippen LogP contribution is -2.28. The Balaban J connectivity index is 1.91. The SMILES string of the molecule is CNC(=O)OC1Cc2cccc(-c3cccc(Cl)c3)c2O1. The zero-order valence-electron chi connectivity index (χ0n) is 11.4. The molecule has 0 aliphatic carbocycles. The number of hydrogen-bond acceptors (Lipinski definition) is 3. The molecule has 2 aromatic carbocycles. The van der Waals surface area contributed by atoms with Gasteiger partial charge in [0.15, 0.2) is 0 Å². The summed E-state index contributed by atoms with van der Waals surface area (Å²) in [6, 6.07) is 13.5. The maximum absolute atomic E-state index is 11.3. The standard InChI is InChI=1S/C16H14ClNO3/c1-18-16(19)21-14-9-11-5-3-7-13(15(11)20-14)10-4-2-6-12(17)8-10/h2-8,14H,9H2,1H3,(H,18,19). The van der Waals surface area contributed by atoms with Crippen LogP contribution in [0.2, 0.25) is 5.02 Å². The maximum Gasteiger partial charge on any atom is 0.409 e. The summed E-state index contributed by atoms with van der Waals surface area (Å²) in [5.74, 6) is 0.744. The Morgan fingerprint density at radius 2 is 2.14 bits per heavy atom. The number of amides is 1. The van der Waals surface area contributed by atoms with Gasteiger partial charge in [-0.15, -0.1) is 0 Å². The summed E-state index contributed by atoms with van der Waals surface area (Å²) in [7, 11) is 1.52. The van der Waals surface area contributed by atoms with E-state index in [9.17, 15) is 4.79 Å². The van der Waals surface area contributed by atoms with Crippen LogP contribution in [0.5, 0.6) is 5.75 Å². The van der Waals surface area contributed by atoms with Crippen LogP contribution in [-0.4, -0.2) is 19.4 Å². The molecule has 0 fully saturated rings. The summed E-state index contributed by atoms with van der Waals surface area (Å²) in [6.45, 7) is 0. The topological polar surface area (TPSA) is 47.6 Å². The average Bonchev–Trinajstić information content (AvgIpc) is 2.89. The number of alkyl carbamates (subject to hydrolysis) is 1. The van der Waals surface area contributed by atoms with E-state index in [4.69, 9.17) is 21.1 Å². The van der Waals surface area contributed by atoms with Gasteiger partial charge in [0.1, 0.15) is 5.75 Å². The predicted octanol–water partition coefficient (Wildman–Crippen LogP) is 3.62. The van der Waals surface area contributed by atoms with Crippen LogP contribution in [0.25, 0.3) is 11.1 Å². The monoisotopic (exact) mass is 303 g/mol. The number of ether oxygens (including phenoxy) is 2. The van der Waals surface area contributed by atoms with Crippen LogP contribution in [0.4, 0.5) is 4.79 Å². The van der Waals surface area contributed by atoms with Gasteiger partial charge in [0.25, 0.3) is 0 Å². The number of nitrogens with one attached hydrogen (secondary N) is 1. The zero-order valence-corrected chi connectivity index (χ0v) is 12.2. The third kappa shape index (κ3) is 2.81. The van der Waals surface area contributed by atoms with Crippen LogP contribution in [0.15, 0.2) is 42.5 Å². The first-order chi connectivity index (χ1) is 10.2. The molecule has 108 valence electrons. The van der Waals surface area contributed by atoms with E-state index in [0.717, 1.165) is 22.4 Å². The Morgan fingerprint density at radius 3 is 2.90 bits per heavy atom. The highest BCUT2D eigenvalue weighted by atomic mass is 35.5. The minimum absolute atomic E-state index is 0.503. The van der Waals surface area contributed by atoms with E-state index in [-0.39, 0.29) is 0 Å². The molecular formula is C16H14ClNO3. The Morgan fingerprint density at radius 1 is 1.33 bits per heavy atom. The van der Waals surface area contributed by atoms with Crippen molar-refractivity contribution in [3.63, 3.8) is 0 Å². The van der Waals surface area contributed by atoms with Crippen molar-refractivity contribution in [1.29, 1.82) is 0 Å². The molecule has 0 spiro atoms. The fraction of sp³-hybridized carbons (Fsp3) is 0.188. The molecule has 1 aliphatic heterocycles. The molecule has 1 amide bonds. The molecule has 2 aromatic rings. The van der Waals surface area contributed by atoms with E-state index < -0.39 is 12.4 Å². The summed E-state index contributed by atoms with van der Waals surface area (Å²) in [4.78, 5) is 11.3. The van der Waals surface area contributed by atoms with Crippen molar-refractivity contribution in [2.75, 3.05) is 7.05 Å². The first-order valence-electron chi connectivity index (χ1n) is 6.60. The number of halogens is 1. The minimum Gasteiger partial charge on any atom is -0.453 e. The fourth-order valence-electron chi connectivity index (χ4n) is 2.36. The highest BCUT2D eigenvalue weighted by molar-refractivity contribution is 6.30. The Bertz CT molecular complexity index is 687. The first-order valence-corrected chi connectivity index (χ1v) is 6.98. The molecule has 4 nitrogen and oxygen atoms in total. The number of carbonyl (C=O) groups is 1. The molecule has 3 rings (SSSR count). The van der Waals surface area contributed by atoms with Crippen molar-refractivity contribution in [2.45, 2.75) is 12.7 Å². The van der Waals surface area contributed by atoms with Crippen molar-refractivity contribution in [1.82, 2.24) is 5.32 Å². The molecule has 1 unspecified atom stereocenters. The lowest BCUT2D eigenvalue weighted by atomic mass is 10.0. The van der Waals surface area contributed by atoms with Crippen molar-refractivity contribution < 1.29 is 14.3 Å². The Kier molecular flexibility index (Phi) is 3.71. The van der Waals surface area contributed by atoms with E-state index >= 15 is 0 Å². The molecule has 1 aliphatic rings. The molecular weight excluding hydrogens is 290 g/mol. The smallest absolute Gasteiger partial charge is 0.409 e. The molecule has 0 bridgehead atoms. The average molecular weight is 304 g/mol. The lowest BCUT2D eigenvalue weighted by Gasteiger charge is -2.13. The van der Waals surface area contributed by atoms with Gasteiger partial charge in [0.05, 0.1) is 6.42 Å². The van der Waals surface area contributed by atoms with Crippen LogP contribution in [0, 0.1) is 0 Å². The highest BCUT2D eigenvalue weighted by Crippen LogP contribution is 2.39. The van der Waals surface area contributed by atoms with Gasteiger partial charge in [-0.1, -0.05) is 41.9 Å². The van der Waals surface area contributed by atoms with E-state index in [1.165, 1.54) is 7.05 Å². The molecule has 1 heterocycles. The van der Waals surface area contributed by atoms with Crippen LogP contribution in [-0.2, 0) is 11.2 Å². The number of benzene rings is 2. The van der Waals surface area contributed by atoms with Crippen LogP contribution >= 0.6 is 11.6 Å². The molecule has 0 radical (unpaired) electrons. The van der Waals surface area contributed by atoms with E-state index in [1.807, 2.05) is 42.5 Å². The third-order valence-electron chi connectivity index (χ3n) is 3.31. The summed E-state index contributed by atoms with van der Waals surface area (Å²) in [5.41, 5.74) is 2.93. The van der Waals surface area contributed by atoms with Crippen molar-refractivity contribution >= 4 is 17.7 Å². The summed E-state index contributed by atoms with van der Waals surface area (Å²) >= 11 is 6.04. The van der Waals surface area contributed by atoms with Crippen LogP contribution in [0.3, 0.4) is 0 Å². The number of carbonyl (C=O) groups excluding carboxylic acids is 1. The summed E-state index contributed by atoms with van der Waals surface area (Å²) in [5, 5.41) is 3.08. The second-order valence-electron chi connectivity index (χ2n) is 4.71. The van der Waals surface area contributed by atoms with Gasteiger partial charge in [-0.25, -0.2) is 4.79 Å². The van der Waals surface area contributed by atoms with Crippen LogP contribution < -0.4 is 10.1 Å². The van der Waals surface area contributed by atoms with Gasteiger partial charge in [-0.3, -0.25) is 0 Å². The van der Waals surface area contributed by atoms with Gasteiger partial charge in [-0.2, -0.15) is 0 Å². The molecule has 0 saturated heterocycles. The Labute approximate surface area is 127 Å². The number of fused-ring (bicyclic) bond motifs is 1. The number of hydrogen-bond donors (Lipinski definition) is 1. The molecule has 1 N–H and O–H groups in total. The predicted molar refractivity (Wildman–Crippen MR) is 80.5 cm³/mol. The van der Waals surface area contributed by atoms with Crippen LogP contribution in [0.1, 0.15) is 5.56 Å². The van der Waals surface area contributed by atoms with Gasteiger partial charge in [0.2, 0.25) is 6.29 Å². The van der Waals surface area contributed by atoms with Crippen molar-refractivity contribution in [2.24, 2.45) is 0 Å². The van der Waals surface area contributed by atoms with Crippen molar-refractivity contribution in [3.05, 3.63) is 53.1 Å². The lowest BCUT2D eigenvalue weighted by molar-refractivity contribution is -0.0153. The molecule has 0 saturated carbocycles. The number of para-hydroxylation sites is 1. The van der Waals surface area contributed by atoms with Gasteiger partial charge >= 0.3 is 6.09 Å². The second-order valence-corrected chi connectivity index (χ2v) is 5.15. The minimum atomic E-state index is -0.597.